The summed E-state index contributed by atoms with van der Waals surface area (Å²) in [5.41, 5.74) is 0.770. The standard InChI is InChI=1S/C26H19Cl2N3O5S/c27-19-13-20(28)15-21(14-19)35-23-6-5-17(16-29)11-25(23)37(33,34)31-9-7-30(8-10-31)26(32)24-12-18-3-1-2-4-22(18)36-24/h1-6,11-15H,7-10H2. The zero-order valence-electron chi connectivity index (χ0n) is 19.2. The number of para-hydroxylation sites is 1. The maximum atomic E-state index is 13.6. The largest absolute Gasteiger partial charge is 0.456 e. The second-order valence-corrected chi connectivity index (χ2v) is 11.1. The summed E-state index contributed by atoms with van der Waals surface area (Å²) in [5.74, 6) is 0.176. The summed E-state index contributed by atoms with van der Waals surface area (Å²) in [6, 6.07) is 19.6. The molecular formula is C26H19Cl2N3O5S. The molecule has 188 valence electrons. The molecule has 8 nitrogen and oxygen atoms in total. The van der Waals surface area contributed by atoms with Gasteiger partial charge in [0, 0.05) is 41.6 Å². The normalized spacial score (nSPS) is 14.5. The van der Waals surface area contributed by atoms with E-state index < -0.39 is 10.0 Å². The molecule has 3 aromatic carbocycles. The number of fused-ring (bicyclic) bond motifs is 1. The number of hydrogen-bond donors (Lipinski definition) is 0. The minimum absolute atomic E-state index is 0.0260. The molecule has 37 heavy (non-hydrogen) atoms. The molecule has 1 fully saturated rings. The van der Waals surface area contributed by atoms with Crippen LogP contribution in [0.3, 0.4) is 0 Å². The van der Waals surface area contributed by atoms with Crippen LogP contribution in [0.1, 0.15) is 16.1 Å². The van der Waals surface area contributed by atoms with E-state index in [-0.39, 0.29) is 59.8 Å². The number of piperazine rings is 1. The van der Waals surface area contributed by atoms with Crippen LogP contribution < -0.4 is 4.74 Å². The molecule has 1 aliphatic heterocycles. The summed E-state index contributed by atoms with van der Waals surface area (Å²) in [7, 11) is -4.07. The third-order valence-corrected chi connectivity index (χ3v) is 8.27. The molecule has 1 aromatic heterocycles. The Morgan fingerprint density at radius 2 is 1.65 bits per heavy atom. The van der Waals surface area contributed by atoms with Gasteiger partial charge in [-0.3, -0.25) is 4.79 Å². The van der Waals surface area contributed by atoms with E-state index in [0.717, 1.165) is 5.39 Å². The average Bonchev–Trinajstić information content (AvgIpc) is 3.32. The predicted octanol–water partition coefficient (Wildman–Crippen LogP) is 5.55. The number of amides is 1. The molecule has 0 atom stereocenters. The van der Waals surface area contributed by atoms with Crippen molar-refractivity contribution in [1.82, 2.24) is 9.21 Å². The summed E-state index contributed by atoms with van der Waals surface area (Å²) >= 11 is 12.1. The molecule has 0 unspecified atom stereocenters. The van der Waals surface area contributed by atoms with Crippen molar-refractivity contribution >= 4 is 50.1 Å². The van der Waals surface area contributed by atoms with Crippen molar-refractivity contribution in [3.63, 3.8) is 0 Å². The van der Waals surface area contributed by atoms with E-state index in [1.807, 2.05) is 24.3 Å². The van der Waals surface area contributed by atoms with E-state index in [2.05, 4.69) is 0 Å². The molecule has 0 radical (unpaired) electrons. The Kier molecular flexibility index (Phi) is 6.84. The summed E-state index contributed by atoms with van der Waals surface area (Å²) in [6.45, 7) is 0.474. The topological polar surface area (TPSA) is 104 Å². The third-order valence-electron chi connectivity index (χ3n) is 5.92. The molecular weight excluding hydrogens is 537 g/mol. The number of benzene rings is 3. The highest BCUT2D eigenvalue weighted by Gasteiger charge is 2.33. The summed E-state index contributed by atoms with van der Waals surface area (Å²) < 4.78 is 40.0. The minimum atomic E-state index is -4.07. The van der Waals surface area contributed by atoms with Crippen LogP contribution in [0.2, 0.25) is 10.0 Å². The van der Waals surface area contributed by atoms with Crippen LogP contribution in [0.5, 0.6) is 11.5 Å². The van der Waals surface area contributed by atoms with Gasteiger partial charge in [-0.15, -0.1) is 0 Å². The Balaban J connectivity index is 1.37. The van der Waals surface area contributed by atoms with Gasteiger partial charge in [-0.1, -0.05) is 41.4 Å². The Morgan fingerprint density at radius 3 is 2.32 bits per heavy atom. The number of nitriles is 1. The number of nitrogens with zero attached hydrogens (tertiary/aromatic N) is 3. The lowest BCUT2D eigenvalue weighted by Gasteiger charge is -2.33. The molecule has 0 aliphatic carbocycles. The number of sulfonamides is 1. The highest BCUT2D eigenvalue weighted by molar-refractivity contribution is 7.89. The highest BCUT2D eigenvalue weighted by atomic mass is 35.5. The van der Waals surface area contributed by atoms with Crippen molar-refractivity contribution in [1.29, 1.82) is 5.26 Å². The van der Waals surface area contributed by atoms with Gasteiger partial charge in [0.05, 0.1) is 11.6 Å². The van der Waals surface area contributed by atoms with Crippen molar-refractivity contribution < 1.29 is 22.4 Å². The zero-order valence-corrected chi connectivity index (χ0v) is 21.6. The number of hydrogen-bond acceptors (Lipinski definition) is 6. The number of carbonyl (C=O) groups is 1. The van der Waals surface area contributed by atoms with Crippen molar-refractivity contribution in [3.8, 4) is 17.6 Å². The van der Waals surface area contributed by atoms with Crippen LogP contribution in [0.15, 0.2) is 76.0 Å². The molecule has 0 bridgehead atoms. The summed E-state index contributed by atoms with van der Waals surface area (Å²) in [5, 5.41) is 10.8. The third kappa shape index (κ3) is 5.15. The molecule has 5 rings (SSSR count). The lowest BCUT2D eigenvalue weighted by molar-refractivity contribution is 0.0668. The van der Waals surface area contributed by atoms with E-state index in [4.69, 9.17) is 32.4 Å². The van der Waals surface area contributed by atoms with Gasteiger partial charge in [0.25, 0.3) is 5.91 Å². The first-order chi connectivity index (χ1) is 17.7. The molecule has 1 saturated heterocycles. The molecule has 0 N–H and O–H groups in total. The van der Waals surface area contributed by atoms with E-state index in [1.54, 1.807) is 17.0 Å². The van der Waals surface area contributed by atoms with E-state index in [0.29, 0.717) is 15.6 Å². The predicted molar refractivity (Wildman–Crippen MR) is 139 cm³/mol. The zero-order chi connectivity index (χ0) is 26.2. The van der Waals surface area contributed by atoms with Crippen LogP contribution in [0, 0.1) is 11.3 Å². The van der Waals surface area contributed by atoms with Crippen LogP contribution in [-0.4, -0.2) is 49.7 Å². The Morgan fingerprint density at radius 1 is 0.946 bits per heavy atom. The summed E-state index contributed by atoms with van der Waals surface area (Å²) in [6.07, 6.45) is 0. The molecule has 0 spiro atoms. The van der Waals surface area contributed by atoms with Gasteiger partial charge in [0.1, 0.15) is 22.0 Å². The van der Waals surface area contributed by atoms with Gasteiger partial charge < -0.3 is 14.1 Å². The quantitative estimate of drug-likeness (QED) is 0.319. The minimum Gasteiger partial charge on any atom is -0.456 e. The number of furan rings is 1. The van der Waals surface area contributed by atoms with Crippen LogP contribution in [0.4, 0.5) is 0 Å². The SMILES string of the molecule is N#Cc1ccc(Oc2cc(Cl)cc(Cl)c2)c(S(=O)(=O)N2CCN(C(=O)c3cc4ccccc4o3)CC2)c1. The maximum absolute atomic E-state index is 13.6. The van der Waals surface area contributed by atoms with E-state index >= 15 is 0 Å². The fourth-order valence-corrected chi connectivity index (χ4v) is 6.16. The van der Waals surface area contributed by atoms with Crippen molar-refractivity contribution in [2.75, 3.05) is 26.2 Å². The molecule has 2 heterocycles. The number of ether oxygens (including phenoxy) is 1. The second kappa shape index (κ2) is 10.1. The van der Waals surface area contributed by atoms with Crippen molar-refractivity contribution in [3.05, 3.63) is 88.1 Å². The first-order valence-corrected chi connectivity index (χ1v) is 13.4. The molecule has 1 aliphatic rings. The number of rotatable bonds is 5. The highest BCUT2D eigenvalue weighted by Crippen LogP contribution is 2.34. The number of halogens is 2. The number of carbonyl (C=O) groups excluding carboxylic acids is 1. The van der Waals surface area contributed by atoms with Gasteiger partial charge in [-0.2, -0.15) is 9.57 Å². The first-order valence-electron chi connectivity index (χ1n) is 11.2. The second-order valence-electron chi connectivity index (χ2n) is 8.33. The van der Waals surface area contributed by atoms with E-state index in [1.165, 1.54) is 40.7 Å². The van der Waals surface area contributed by atoms with Gasteiger partial charge >= 0.3 is 0 Å². The molecule has 11 heteroatoms. The van der Waals surface area contributed by atoms with Crippen LogP contribution >= 0.6 is 23.2 Å². The lowest BCUT2D eigenvalue weighted by atomic mass is 10.2. The molecule has 0 saturated carbocycles. The first kappa shape index (κ1) is 25.1. The average molecular weight is 556 g/mol. The van der Waals surface area contributed by atoms with Gasteiger partial charge in [-0.25, -0.2) is 8.42 Å². The van der Waals surface area contributed by atoms with Crippen molar-refractivity contribution in [2.24, 2.45) is 0 Å². The molecule has 1 amide bonds. The van der Waals surface area contributed by atoms with E-state index in [9.17, 15) is 18.5 Å². The van der Waals surface area contributed by atoms with Crippen molar-refractivity contribution in [2.45, 2.75) is 4.90 Å². The van der Waals surface area contributed by atoms with Crippen LogP contribution in [-0.2, 0) is 10.0 Å². The Labute approximate surface area is 223 Å². The lowest BCUT2D eigenvalue weighted by Crippen LogP contribution is -2.50. The fourth-order valence-electron chi connectivity index (χ4n) is 4.09. The summed E-state index contributed by atoms with van der Waals surface area (Å²) in [4.78, 5) is 14.4. The maximum Gasteiger partial charge on any atom is 0.289 e. The fraction of sp³-hybridized carbons (Fsp3) is 0.154. The van der Waals surface area contributed by atoms with Crippen LogP contribution in [0.25, 0.3) is 11.0 Å². The molecule has 4 aromatic rings. The smallest absolute Gasteiger partial charge is 0.289 e. The van der Waals surface area contributed by atoms with Gasteiger partial charge in [0.2, 0.25) is 10.0 Å². The van der Waals surface area contributed by atoms with Gasteiger partial charge in [0.15, 0.2) is 5.76 Å². The Hall–Kier alpha value is -3.55. The monoisotopic (exact) mass is 555 g/mol. The Bertz CT molecular complexity index is 1600. The van der Waals surface area contributed by atoms with Gasteiger partial charge in [-0.05, 0) is 48.5 Å².